The average molecular weight is 418 g/mol. The number of halogens is 3. The number of rotatable bonds is 11. The summed E-state index contributed by atoms with van der Waals surface area (Å²) in [5.41, 5.74) is 1.41. The number of methoxy groups -OCH3 is 1. The van der Waals surface area contributed by atoms with Gasteiger partial charge in [0.05, 0.1) is 12.1 Å². The molecule has 0 amide bonds. The van der Waals surface area contributed by atoms with Crippen LogP contribution in [-0.4, -0.2) is 26.9 Å². The summed E-state index contributed by atoms with van der Waals surface area (Å²) < 4.78 is 30.3. The predicted molar refractivity (Wildman–Crippen MR) is 109 cm³/mol. The first-order valence-electron chi connectivity index (χ1n) is 8.66. The number of ether oxygens (including phenoxy) is 3. The Labute approximate surface area is 171 Å². The molecule has 0 unspecified atom stereocenters. The Morgan fingerprint density at radius 3 is 2.67 bits per heavy atom. The fourth-order valence-corrected chi connectivity index (χ4v) is 2.66. The fourth-order valence-electron chi connectivity index (χ4n) is 2.44. The zero-order valence-corrected chi connectivity index (χ0v) is 17.2. The summed E-state index contributed by atoms with van der Waals surface area (Å²) in [6.45, 7) is 5.14. The molecule has 0 spiro atoms. The molecule has 2 aromatic carbocycles. The van der Waals surface area contributed by atoms with Crippen molar-refractivity contribution in [2.75, 3.05) is 26.9 Å². The third-order valence-electron chi connectivity index (χ3n) is 3.84. The van der Waals surface area contributed by atoms with E-state index < -0.39 is 0 Å². The minimum absolute atomic E-state index is 0. The summed E-state index contributed by atoms with van der Waals surface area (Å²) >= 11 is 6.03. The first-order valence-corrected chi connectivity index (χ1v) is 9.04. The van der Waals surface area contributed by atoms with Gasteiger partial charge >= 0.3 is 0 Å². The van der Waals surface area contributed by atoms with Crippen LogP contribution >= 0.6 is 24.0 Å². The van der Waals surface area contributed by atoms with E-state index in [-0.39, 0.29) is 24.8 Å². The van der Waals surface area contributed by atoms with Crippen molar-refractivity contribution in [3.63, 3.8) is 0 Å². The quantitative estimate of drug-likeness (QED) is 0.521. The van der Waals surface area contributed by atoms with Gasteiger partial charge in [-0.3, -0.25) is 0 Å². The van der Waals surface area contributed by atoms with Gasteiger partial charge < -0.3 is 19.5 Å². The van der Waals surface area contributed by atoms with Crippen LogP contribution in [0.25, 0.3) is 0 Å². The Hall–Kier alpha value is -1.53. The third kappa shape index (κ3) is 7.54. The molecule has 0 saturated heterocycles. The summed E-state index contributed by atoms with van der Waals surface area (Å²) in [5, 5.41) is 3.71. The molecule has 1 N–H and O–H groups in total. The molecule has 0 saturated carbocycles. The molecule has 2 rings (SSSR count). The second-order valence-electron chi connectivity index (χ2n) is 5.70. The molecular formula is C20H26Cl2FNO3. The van der Waals surface area contributed by atoms with Gasteiger partial charge in [-0.15, -0.1) is 12.4 Å². The standard InChI is InChI=1S/C20H25ClFNO3.ClH/c1-3-25-11-5-10-23-13-15-8-9-19(20(12-15)24-2)26-14-16-17(21)6-4-7-18(16)22;/h4,6-9,12,23H,3,5,10-11,13-14H2,1-2H3;1H. The maximum absolute atomic E-state index is 13.8. The second kappa shape index (κ2) is 12.8. The summed E-state index contributed by atoms with van der Waals surface area (Å²) in [4.78, 5) is 0. The number of hydrogen-bond donors (Lipinski definition) is 1. The Balaban J connectivity index is 0.00000364. The highest BCUT2D eigenvalue weighted by Gasteiger charge is 2.11. The van der Waals surface area contributed by atoms with Crippen molar-refractivity contribution in [1.82, 2.24) is 5.32 Å². The van der Waals surface area contributed by atoms with E-state index in [0.717, 1.165) is 38.3 Å². The van der Waals surface area contributed by atoms with Crippen molar-refractivity contribution in [3.8, 4) is 11.5 Å². The van der Waals surface area contributed by atoms with Gasteiger partial charge in [0.15, 0.2) is 11.5 Å². The third-order valence-corrected chi connectivity index (χ3v) is 4.19. The van der Waals surface area contributed by atoms with Crippen LogP contribution in [0.3, 0.4) is 0 Å². The normalized spacial score (nSPS) is 10.4. The van der Waals surface area contributed by atoms with E-state index in [1.165, 1.54) is 6.07 Å². The second-order valence-corrected chi connectivity index (χ2v) is 6.11. The molecule has 0 aliphatic heterocycles. The molecular weight excluding hydrogens is 392 g/mol. The Morgan fingerprint density at radius 2 is 1.96 bits per heavy atom. The van der Waals surface area contributed by atoms with E-state index in [4.69, 9.17) is 25.8 Å². The number of nitrogens with one attached hydrogen (secondary N) is 1. The van der Waals surface area contributed by atoms with E-state index in [1.54, 1.807) is 19.2 Å². The lowest BCUT2D eigenvalue weighted by Gasteiger charge is -2.13. The van der Waals surface area contributed by atoms with Crippen molar-refractivity contribution in [3.05, 3.63) is 58.4 Å². The lowest BCUT2D eigenvalue weighted by atomic mass is 10.2. The molecule has 0 radical (unpaired) electrons. The largest absolute Gasteiger partial charge is 0.493 e. The smallest absolute Gasteiger partial charge is 0.161 e. The summed E-state index contributed by atoms with van der Waals surface area (Å²) in [6.07, 6.45) is 0.968. The van der Waals surface area contributed by atoms with Crippen molar-refractivity contribution in [2.24, 2.45) is 0 Å². The van der Waals surface area contributed by atoms with E-state index in [0.29, 0.717) is 22.1 Å². The topological polar surface area (TPSA) is 39.7 Å². The van der Waals surface area contributed by atoms with Crippen LogP contribution in [0.4, 0.5) is 4.39 Å². The molecule has 0 fully saturated rings. The Morgan fingerprint density at radius 1 is 1.15 bits per heavy atom. The van der Waals surface area contributed by atoms with Gasteiger partial charge in [0, 0.05) is 25.3 Å². The molecule has 2 aromatic rings. The number of benzene rings is 2. The van der Waals surface area contributed by atoms with Crippen molar-refractivity contribution >= 4 is 24.0 Å². The maximum atomic E-state index is 13.8. The molecule has 0 heterocycles. The van der Waals surface area contributed by atoms with Gasteiger partial charge in [-0.25, -0.2) is 4.39 Å². The molecule has 0 bridgehead atoms. The summed E-state index contributed by atoms with van der Waals surface area (Å²) in [5.74, 6) is 0.766. The highest BCUT2D eigenvalue weighted by atomic mass is 35.5. The first-order chi connectivity index (χ1) is 12.7. The van der Waals surface area contributed by atoms with Crippen molar-refractivity contribution in [1.29, 1.82) is 0 Å². The maximum Gasteiger partial charge on any atom is 0.161 e. The fraction of sp³-hybridized carbons (Fsp3) is 0.400. The van der Waals surface area contributed by atoms with Crippen LogP contribution in [0.5, 0.6) is 11.5 Å². The van der Waals surface area contributed by atoms with Gasteiger partial charge in [0.1, 0.15) is 12.4 Å². The minimum Gasteiger partial charge on any atom is -0.493 e. The molecule has 27 heavy (non-hydrogen) atoms. The average Bonchev–Trinajstić information content (AvgIpc) is 2.64. The predicted octanol–water partition coefficient (Wildman–Crippen LogP) is 5.00. The highest BCUT2D eigenvalue weighted by Crippen LogP contribution is 2.30. The first kappa shape index (κ1) is 23.5. The lowest BCUT2D eigenvalue weighted by molar-refractivity contribution is 0.144. The van der Waals surface area contributed by atoms with Gasteiger partial charge in [-0.05, 0) is 49.7 Å². The van der Waals surface area contributed by atoms with Crippen LogP contribution in [0, 0.1) is 5.82 Å². The Bertz CT molecular complexity index is 681. The molecule has 0 aliphatic rings. The van der Waals surface area contributed by atoms with Crippen LogP contribution in [0.15, 0.2) is 36.4 Å². The van der Waals surface area contributed by atoms with E-state index in [2.05, 4.69) is 5.32 Å². The molecule has 0 atom stereocenters. The van der Waals surface area contributed by atoms with Gasteiger partial charge in [0.25, 0.3) is 0 Å². The SMILES string of the molecule is CCOCCCNCc1ccc(OCc2c(F)cccc2Cl)c(OC)c1.Cl. The van der Waals surface area contributed by atoms with Crippen molar-refractivity contribution in [2.45, 2.75) is 26.5 Å². The molecule has 0 aliphatic carbocycles. The van der Waals surface area contributed by atoms with Crippen molar-refractivity contribution < 1.29 is 18.6 Å². The Kier molecular flexibility index (Phi) is 11.1. The molecule has 150 valence electrons. The number of hydrogen-bond acceptors (Lipinski definition) is 4. The van der Waals surface area contributed by atoms with E-state index in [9.17, 15) is 4.39 Å². The van der Waals surface area contributed by atoms with Crippen LogP contribution in [0.1, 0.15) is 24.5 Å². The van der Waals surface area contributed by atoms with Crippen LogP contribution in [-0.2, 0) is 17.9 Å². The highest BCUT2D eigenvalue weighted by molar-refractivity contribution is 6.31. The molecule has 7 heteroatoms. The van der Waals surface area contributed by atoms with Gasteiger partial charge in [-0.1, -0.05) is 23.7 Å². The van der Waals surface area contributed by atoms with Gasteiger partial charge in [0.2, 0.25) is 0 Å². The monoisotopic (exact) mass is 417 g/mol. The molecule has 4 nitrogen and oxygen atoms in total. The lowest BCUT2D eigenvalue weighted by Crippen LogP contribution is -2.16. The van der Waals surface area contributed by atoms with E-state index >= 15 is 0 Å². The van der Waals surface area contributed by atoms with Crippen LogP contribution in [0.2, 0.25) is 5.02 Å². The zero-order chi connectivity index (χ0) is 18.8. The van der Waals surface area contributed by atoms with Gasteiger partial charge in [-0.2, -0.15) is 0 Å². The van der Waals surface area contributed by atoms with Crippen LogP contribution < -0.4 is 14.8 Å². The molecule has 0 aromatic heterocycles. The summed E-state index contributed by atoms with van der Waals surface area (Å²) in [7, 11) is 1.58. The zero-order valence-electron chi connectivity index (χ0n) is 15.6. The minimum atomic E-state index is -0.385. The summed E-state index contributed by atoms with van der Waals surface area (Å²) in [6, 6.07) is 10.3. The van der Waals surface area contributed by atoms with E-state index in [1.807, 2.05) is 25.1 Å².